The van der Waals surface area contributed by atoms with Crippen molar-refractivity contribution in [3.05, 3.63) is 71.9 Å². The quantitative estimate of drug-likeness (QED) is 0.721. The van der Waals surface area contributed by atoms with Gasteiger partial charge in [-0.2, -0.15) is 5.10 Å². The van der Waals surface area contributed by atoms with Crippen molar-refractivity contribution in [1.82, 2.24) is 15.1 Å². The Kier molecular flexibility index (Phi) is 3.91. The number of carbonyl (C=O) groups is 2. The first kappa shape index (κ1) is 17.5. The molecule has 0 saturated heterocycles. The Labute approximate surface area is 168 Å². The summed E-state index contributed by atoms with van der Waals surface area (Å²) < 4.78 is 1.67. The summed E-state index contributed by atoms with van der Waals surface area (Å²) in [6.45, 7) is 2.70. The van der Waals surface area contributed by atoms with Crippen LogP contribution in [0, 0.1) is 0 Å². The normalized spacial score (nSPS) is 19.7. The van der Waals surface area contributed by atoms with Crippen LogP contribution >= 0.6 is 0 Å². The van der Waals surface area contributed by atoms with Gasteiger partial charge in [0.05, 0.1) is 17.6 Å². The lowest BCUT2D eigenvalue weighted by Gasteiger charge is -2.35. The maximum Gasteiger partial charge on any atom is 0.278 e. The third kappa shape index (κ3) is 2.47. The molecular formula is C22H21N5O2. The summed E-state index contributed by atoms with van der Waals surface area (Å²) >= 11 is 0. The van der Waals surface area contributed by atoms with Crippen molar-refractivity contribution >= 4 is 23.3 Å². The second-order valence-electron chi connectivity index (χ2n) is 7.31. The second kappa shape index (κ2) is 6.48. The van der Waals surface area contributed by atoms with Crippen LogP contribution in [-0.2, 0) is 10.5 Å². The number of carbonyl (C=O) groups excluding carboxylic acids is 2. The number of nitrogens with one attached hydrogen (secondary N) is 2. The Bertz CT molecular complexity index is 1110. The maximum atomic E-state index is 13.6. The highest BCUT2D eigenvalue weighted by atomic mass is 16.2. The van der Waals surface area contributed by atoms with E-state index in [1.54, 1.807) is 9.58 Å². The number of nitrogens with zero attached hydrogens (tertiary/aromatic N) is 3. The van der Waals surface area contributed by atoms with Gasteiger partial charge in [-0.3, -0.25) is 9.59 Å². The molecule has 2 aliphatic heterocycles. The summed E-state index contributed by atoms with van der Waals surface area (Å²) in [5.41, 5.74) is 1.47. The molecule has 1 aromatic heterocycles. The third-order valence-corrected chi connectivity index (χ3v) is 5.52. The molecule has 3 heterocycles. The summed E-state index contributed by atoms with van der Waals surface area (Å²) in [6, 6.07) is 17.2. The van der Waals surface area contributed by atoms with Gasteiger partial charge in [-0.1, -0.05) is 49.7 Å². The molecule has 2 aromatic carbocycles. The van der Waals surface area contributed by atoms with Crippen LogP contribution in [0.2, 0.25) is 0 Å². The Morgan fingerprint density at radius 2 is 1.76 bits per heavy atom. The van der Waals surface area contributed by atoms with E-state index in [1.807, 2.05) is 54.6 Å². The molecule has 0 unspecified atom stereocenters. The largest absolute Gasteiger partial charge is 0.335 e. The summed E-state index contributed by atoms with van der Waals surface area (Å²) in [4.78, 5) is 28.3. The van der Waals surface area contributed by atoms with E-state index in [2.05, 4.69) is 22.7 Å². The summed E-state index contributed by atoms with van der Waals surface area (Å²) in [6.07, 6.45) is 3.39. The lowest BCUT2D eigenvalue weighted by molar-refractivity contribution is -0.123. The molecule has 2 aliphatic rings. The highest BCUT2D eigenvalue weighted by molar-refractivity contribution is 6.15. The zero-order valence-electron chi connectivity index (χ0n) is 16.1. The Balaban J connectivity index is 1.64. The van der Waals surface area contributed by atoms with E-state index in [9.17, 15) is 9.59 Å². The molecule has 3 aromatic rings. The van der Waals surface area contributed by atoms with Crippen LogP contribution in [0.4, 0.5) is 11.5 Å². The van der Waals surface area contributed by atoms with Gasteiger partial charge in [-0.25, -0.2) is 4.68 Å². The van der Waals surface area contributed by atoms with Gasteiger partial charge < -0.3 is 15.5 Å². The number of amides is 2. The fourth-order valence-corrected chi connectivity index (χ4v) is 4.08. The number of unbranched alkanes of at least 4 members (excludes halogenated alkanes) is 1. The molecule has 0 aliphatic carbocycles. The van der Waals surface area contributed by atoms with Crippen molar-refractivity contribution in [1.29, 1.82) is 0 Å². The molecule has 2 amide bonds. The minimum atomic E-state index is -1.33. The van der Waals surface area contributed by atoms with E-state index in [-0.39, 0.29) is 11.8 Å². The average Bonchev–Trinajstić information content (AvgIpc) is 3.27. The zero-order chi connectivity index (χ0) is 20.0. The van der Waals surface area contributed by atoms with Crippen LogP contribution in [0.15, 0.2) is 60.8 Å². The second-order valence-corrected chi connectivity index (χ2v) is 7.31. The topological polar surface area (TPSA) is 79.3 Å². The van der Waals surface area contributed by atoms with Gasteiger partial charge in [0.2, 0.25) is 5.66 Å². The summed E-state index contributed by atoms with van der Waals surface area (Å²) in [5, 5.41) is 10.7. The van der Waals surface area contributed by atoms with Crippen LogP contribution in [0.5, 0.6) is 0 Å². The van der Waals surface area contributed by atoms with Crippen molar-refractivity contribution in [2.24, 2.45) is 0 Å². The number of benzene rings is 2. The highest BCUT2D eigenvalue weighted by Gasteiger charge is 2.55. The van der Waals surface area contributed by atoms with Crippen LogP contribution in [0.3, 0.4) is 0 Å². The molecular weight excluding hydrogens is 366 g/mol. The van der Waals surface area contributed by atoms with Crippen LogP contribution < -0.4 is 15.5 Å². The SMILES string of the molecule is CCCCN1C(=O)[C@]2(NC(=O)c3cnn(-c4ccccc4)c3N2)c2ccccc21. The van der Waals surface area contributed by atoms with E-state index in [0.29, 0.717) is 17.9 Å². The molecule has 1 atom stereocenters. The number of rotatable bonds is 4. The van der Waals surface area contributed by atoms with Crippen molar-refractivity contribution in [2.45, 2.75) is 25.4 Å². The van der Waals surface area contributed by atoms with Crippen molar-refractivity contribution in [3.8, 4) is 5.69 Å². The number of anilines is 2. The van der Waals surface area contributed by atoms with Gasteiger partial charge in [-0.05, 0) is 24.6 Å². The van der Waals surface area contributed by atoms with Crippen LogP contribution in [0.25, 0.3) is 5.69 Å². The predicted molar refractivity (Wildman–Crippen MR) is 110 cm³/mol. The standard InChI is InChI=1S/C22H21N5O2/c1-2-3-13-26-18-12-8-7-11-17(18)22(21(26)29)24-19-16(20(28)25-22)14-23-27(19)15-9-5-4-6-10-15/h4-12,14,24H,2-3,13H2,1H3,(H,25,28)/t22-/m1/s1. The minimum Gasteiger partial charge on any atom is -0.335 e. The molecule has 7 nitrogen and oxygen atoms in total. The third-order valence-electron chi connectivity index (χ3n) is 5.52. The number of aromatic nitrogens is 2. The van der Waals surface area contributed by atoms with E-state index in [1.165, 1.54) is 6.20 Å². The molecule has 5 rings (SSSR count). The smallest absolute Gasteiger partial charge is 0.278 e. The minimum absolute atomic E-state index is 0.174. The van der Waals surface area contributed by atoms with Gasteiger partial charge in [-0.15, -0.1) is 0 Å². The van der Waals surface area contributed by atoms with Crippen LogP contribution in [0.1, 0.15) is 35.7 Å². The van der Waals surface area contributed by atoms with Crippen molar-refractivity contribution in [3.63, 3.8) is 0 Å². The highest BCUT2D eigenvalue weighted by Crippen LogP contribution is 2.43. The molecule has 29 heavy (non-hydrogen) atoms. The first-order valence-corrected chi connectivity index (χ1v) is 9.81. The van der Waals surface area contributed by atoms with Gasteiger partial charge in [0.25, 0.3) is 11.8 Å². The molecule has 146 valence electrons. The summed E-state index contributed by atoms with van der Waals surface area (Å²) in [5.74, 6) is 0.0221. The molecule has 0 fully saturated rings. The molecule has 0 bridgehead atoms. The van der Waals surface area contributed by atoms with Crippen molar-refractivity contribution in [2.75, 3.05) is 16.8 Å². The number of fused-ring (bicyclic) bond motifs is 3. The van der Waals surface area contributed by atoms with Gasteiger partial charge in [0.15, 0.2) is 0 Å². The fraction of sp³-hybridized carbons (Fsp3) is 0.227. The fourth-order valence-electron chi connectivity index (χ4n) is 4.08. The lowest BCUT2D eigenvalue weighted by atomic mass is 9.97. The van der Waals surface area contributed by atoms with Gasteiger partial charge in [0.1, 0.15) is 11.4 Å². The molecule has 0 radical (unpaired) electrons. The number of para-hydroxylation sites is 2. The monoisotopic (exact) mass is 387 g/mol. The predicted octanol–water partition coefficient (Wildman–Crippen LogP) is 3.03. The lowest BCUT2D eigenvalue weighted by Crippen LogP contribution is -2.60. The Morgan fingerprint density at radius 3 is 2.55 bits per heavy atom. The molecule has 0 saturated carbocycles. The molecule has 1 spiro atoms. The van der Waals surface area contributed by atoms with E-state index in [4.69, 9.17) is 0 Å². The van der Waals surface area contributed by atoms with E-state index < -0.39 is 5.66 Å². The van der Waals surface area contributed by atoms with Gasteiger partial charge in [0, 0.05) is 12.1 Å². The zero-order valence-corrected chi connectivity index (χ0v) is 16.1. The average molecular weight is 387 g/mol. The van der Waals surface area contributed by atoms with Gasteiger partial charge >= 0.3 is 0 Å². The summed E-state index contributed by atoms with van der Waals surface area (Å²) in [7, 11) is 0. The number of hydrogen-bond donors (Lipinski definition) is 2. The maximum absolute atomic E-state index is 13.6. The molecule has 2 N–H and O–H groups in total. The molecule has 7 heteroatoms. The number of hydrogen-bond acceptors (Lipinski definition) is 4. The van der Waals surface area contributed by atoms with Crippen molar-refractivity contribution < 1.29 is 9.59 Å². The first-order chi connectivity index (χ1) is 14.2. The van der Waals surface area contributed by atoms with E-state index in [0.717, 1.165) is 29.8 Å². The first-order valence-electron chi connectivity index (χ1n) is 9.81. The Morgan fingerprint density at radius 1 is 1.00 bits per heavy atom. The Hall–Kier alpha value is -3.61. The van der Waals surface area contributed by atoms with Crippen LogP contribution in [-0.4, -0.2) is 28.1 Å². The van der Waals surface area contributed by atoms with E-state index >= 15 is 0 Å².